The van der Waals surface area contributed by atoms with E-state index < -0.39 is 7.82 Å². The molecule has 0 heterocycles. The lowest BCUT2D eigenvalue weighted by Crippen LogP contribution is -2.28. The van der Waals surface area contributed by atoms with Crippen molar-refractivity contribution in [1.82, 2.24) is 0 Å². The van der Waals surface area contributed by atoms with Gasteiger partial charge >= 0.3 is 7.82 Å². The average Bonchev–Trinajstić information content (AvgIpc) is 2.37. The summed E-state index contributed by atoms with van der Waals surface area (Å²) >= 11 is 0. The molecule has 4 nitrogen and oxygen atoms in total. The van der Waals surface area contributed by atoms with Gasteiger partial charge in [-0.05, 0) is 44.6 Å². The van der Waals surface area contributed by atoms with Crippen LogP contribution >= 0.6 is 7.82 Å². The minimum atomic E-state index is -3.50. The van der Waals surface area contributed by atoms with E-state index in [9.17, 15) is 4.57 Å². The lowest BCUT2D eigenvalue weighted by molar-refractivity contribution is 0.0713. The summed E-state index contributed by atoms with van der Waals surface area (Å²) in [5.74, 6) is 5.95. The van der Waals surface area contributed by atoms with Crippen molar-refractivity contribution in [3.05, 3.63) is 11.6 Å². The van der Waals surface area contributed by atoms with E-state index in [0.29, 0.717) is 19.6 Å². The van der Waals surface area contributed by atoms with Crippen LogP contribution in [0.15, 0.2) is 11.6 Å². The molecule has 1 unspecified atom stereocenters. The van der Waals surface area contributed by atoms with Gasteiger partial charge in [0.2, 0.25) is 0 Å². The van der Waals surface area contributed by atoms with E-state index >= 15 is 0 Å². The second kappa shape index (κ2) is 8.15. The third-order valence-corrected chi connectivity index (χ3v) is 5.03. The lowest BCUT2D eigenvalue weighted by Gasteiger charge is -2.35. The largest absolute Gasteiger partial charge is 0.475 e. The second-order valence-electron chi connectivity index (χ2n) is 5.83. The van der Waals surface area contributed by atoms with Crippen LogP contribution in [0, 0.1) is 17.3 Å². The number of rotatable bonds is 7. The molecule has 0 aromatic heterocycles. The summed E-state index contributed by atoms with van der Waals surface area (Å²) in [7, 11) is -3.50. The summed E-state index contributed by atoms with van der Waals surface area (Å²) < 4.78 is 28.8. The van der Waals surface area contributed by atoms with Gasteiger partial charge in [-0.25, -0.2) is 4.57 Å². The van der Waals surface area contributed by atoms with Crippen molar-refractivity contribution < 1.29 is 18.1 Å². The average molecular weight is 314 g/mol. The predicted molar refractivity (Wildman–Crippen MR) is 84.9 cm³/mol. The molecular weight excluding hydrogens is 287 g/mol. The Morgan fingerprint density at radius 2 is 1.95 bits per heavy atom. The van der Waals surface area contributed by atoms with Crippen molar-refractivity contribution in [3.63, 3.8) is 0 Å². The van der Waals surface area contributed by atoms with E-state index in [1.165, 1.54) is 0 Å². The number of hydrogen-bond donors (Lipinski definition) is 0. The van der Waals surface area contributed by atoms with Crippen LogP contribution < -0.4 is 0 Å². The SMILES string of the molecule is CC#CCC1=CCC(C)(C)CC1OP(=O)(OCC)OCC. The molecule has 0 saturated heterocycles. The van der Waals surface area contributed by atoms with Crippen molar-refractivity contribution >= 4 is 7.82 Å². The van der Waals surface area contributed by atoms with Crippen molar-refractivity contribution in [2.24, 2.45) is 5.41 Å². The minimum Gasteiger partial charge on any atom is -0.287 e. The van der Waals surface area contributed by atoms with Gasteiger partial charge in [-0.1, -0.05) is 25.8 Å². The summed E-state index contributed by atoms with van der Waals surface area (Å²) in [6, 6.07) is 0. The normalized spacial score (nSPS) is 21.4. The Kier molecular flexibility index (Phi) is 7.16. The standard InChI is InChI=1S/C16H27O4P/c1-6-9-10-14-11-12-16(4,5)13-15(14)20-21(17,18-7-2)19-8-3/h11,15H,7-8,10,12-13H2,1-5H3. The fraction of sp³-hybridized carbons (Fsp3) is 0.750. The van der Waals surface area contributed by atoms with Crippen LogP contribution in [0.1, 0.15) is 53.9 Å². The van der Waals surface area contributed by atoms with Crippen LogP contribution in [-0.2, 0) is 18.1 Å². The minimum absolute atomic E-state index is 0.108. The fourth-order valence-corrected chi connectivity index (χ4v) is 3.66. The van der Waals surface area contributed by atoms with E-state index in [2.05, 4.69) is 31.8 Å². The highest BCUT2D eigenvalue weighted by Gasteiger charge is 2.36. The Morgan fingerprint density at radius 3 is 2.48 bits per heavy atom. The third-order valence-electron chi connectivity index (χ3n) is 3.37. The molecule has 0 amide bonds. The molecule has 0 spiro atoms. The fourth-order valence-electron chi connectivity index (χ4n) is 2.31. The predicted octanol–water partition coefficient (Wildman–Crippen LogP) is 4.71. The molecule has 0 radical (unpaired) electrons. The number of phosphoric ester groups is 1. The Labute approximate surface area is 128 Å². The van der Waals surface area contributed by atoms with Gasteiger partial charge < -0.3 is 0 Å². The van der Waals surface area contributed by atoms with Crippen molar-refractivity contribution in [3.8, 4) is 11.8 Å². The van der Waals surface area contributed by atoms with Gasteiger partial charge in [-0.15, -0.1) is 5.92 Å². The molecule has 0 bridgehead atoms. The molecule has 120 valence electrons. The van der Waals surface area contributed by atoms with Crippen LogP contribution in [0.25, 0.3) is 0 Å². The van der Waals surface area contributed by atoms with Gasteiger partial charge in [-0.2, -0.15) is 0 Å². The first kappa shape index (κ1) is 18.5. The monoisotopic (exact) mass is 314 g/mol. The first-order valence-electron chi connectivity index (χ1n) is 7.52. The highest BCUT2D eigenvalue weighted by Crippen LogP contribution is 2.53. The maximum absolute atomic E-state index is 12.6. The number of allylic oxidation sites excluding steroid dienone is 1. The summed E-state index contributed by atoms with van der Waals surface area (Å²) in [6.07, 6.45) is 4.28. The van der Waals surface area contributed by atoms with E-state index in [4.69, 9.17) is 13.6 Å². The first-order valence-corrected chi connectivity index (χ1v) is 8.98. The summed E-state index contributed by atoms with van der Waals surface area (Å²) in [5, 5.41) is 0. The lowest BCUT2D eigenvalue weighted by atomic mass is 9.76. The maximum Gasteiger partial charge on any atom is 0.475 e. The van der Waals surface area contributed by atoms with Crippen LogP contribution in [0.5, 0.6) is 0 Å². The van der Waals surface area contributed by atoms with Gasteiger partial charge in [0.05, 0.1) is 19.3 Å². The Morgan fingerprint density at radius 1 is 1.33 bits per heavy atom. The molecule has 0 saturated carbocycles. The maximum atomic E-state index is 12.6. The van der Waals surface area contributed by atoms with Crippen molar-refractivity contribution in [1.29, 1.82) is 0 Å². The van der Waals surface area contributed by atoms with E-state index in [1.807, 2.05) is 6.92 Å². The van der Waals surface area contributed by atoms with Crippen molar-refractivity contribution in [2.45, 2.75) is 60.0 Å². The van der Waals surface area contributed by atoms with Gasteiger partial charge in [0, 0.05) is 6.42 Å². The van der Waals surface area contributed by atoms with Gasteiger partial charge in [-0.3, -0.25) is 13.6 Å². The van der Waals surface area contributed by atoms with E-state index in [-0.39, 0.29) is 11.5 Å². The number of hydrogen-bond acceptors (Lipinski definition) is 4. The number of phosphoric acid groups is 1. The first-order chi connectivity index (χ1) is 9.86. The molecule has 1 aliphatic carbocycles. The smallest absolute Gasteiger partial charge is 0.287 e. The molecule has 0 N–H and O–H groups in total. The summed E-state index contributed by atoms with van der Waals surface area (Å²) in [6.45, 7) is 10.3. The molecule has 5 heteroatoms. The molecule has 0 fully saturated rings. The topological polar surface area (TPSA) is 44.8 Å². The van der Waals surface area contributed by atoms with Crippen molar-refractivity contribution in [2.75, 3.05) is 13.2 Å². The zero-order valence-corrected chi connectivity index (χ0v) is 14.7. The molecule has 0 aromatic rings. The van der Waals surface area contributed by atoms with Crippen LogP contribution in [0.4, 0.5) is 0 Å². The Hall–Kier alpha value is -0.590. The molecule has 1 atom stereocenters. The zero-order valence-electron chi connectivity index (χ0n) is 13.8. The molecule has 0 aliphatic heterocycles. The highest BCUT2D eigenvalue weighted by molar-refractivity contribution is 7.48. The molecule has 21 heavy (non-hydrogen) atoms. The Balaban J connectivity index is 2.92. The van der Waals surface area contributed by atoms with Crippen LogP contribution in [0.2, 0.25) is 0 Å². The molecule has 0 aromatic carbocycles. The van der Waals surface area contributed by atoms with Crippen LogP contribution in [0.3, 0.4) is 0 Å². The Bertz CT molecular complexity index is 460. The van der Waals surface area contributed by atoms with Gasteiger partial charge in [0.25, 0.3) is 0 Å². The quantitative estimate of drug-likeness (QED) is 0.388. The molecule has 1 rings (SSSR count). The second-order valence-corrected chi connectivity index (χ2v) is 7.45. The zero-order chi connectivity index (χ0) is 15.9. The summed E-state index contributed by atoms with van der Waals surface area (Å²) in [4.78, 5) is 0. The van der Waals surface area contributed by atoms with Crippen LogP contribution in [-0.4, -0.2) is 19.3 Å². The highest BCUT2D eigenvalue weighted by atomic mass is 31.2. The third kappa shape index (κ3) is 5.96. The van der Waals surface area contributed by atoms with Gasteiger partial charge in [0.15, 0.2) is 0 Å². The van der Waals surface area contributed by atoms with E-state index in [0.717, 1.165) is 18.4 Å². The summed E-state index contributed by atoms with van der Waals surface area (Å²) in [5.41, 5.74) is 1.18. The molecule has 1 aliphatic rings. The van der Waals surface area contributed by atoms with Gasteiger partial charge in [0.1, 0.15) is 0 Å². The molecular formula is C16H27O4P. The van der Waals surface area contributed by atoms with E-state index in [1.54, 1.807) is 13.8 Å².